The minimum absolute atomic E-state index is 0.635. The average Bonchev–Trinajstić information content (AvgIpc) is 2.72. The van der Waals surface area contributed by atoms with Gasteiger partial charge in [0.25, 0.3) is 0 Å². The summed E-state index contributed by atoms with van der Waals surface area (Å²) in [6.07, 6.45) is 13.3. The Morgan fingerprint density at radius 2 is 1.20 bits per heavy atom. The van der Waals surface area contributed by atoms with Crippen molar-refractivity contribution in [1.29, 1.82) is 0 Å². The highest BCUT2D eigenvalue weighted by molar-refractivity contribution is 5.26. The maximum absolute atomic E-state index is 13.7. The lowest BCUT2D eigenvalue weighted by Crippen LogP contribution is -2.18. The van der Waals surface area contributed by atoms with Gasteiger partial charge in [0.2, 0.25) is 0 Å². The van der Waals surface area contributed by atoms with E-state index < -0.39 is 17.6 Å². The summed E-state index contributed by atoms with van der Waals surface area (Å²) in [7, 11) is 0. The van der Waals surface area contributed by atoms with E-state index in [4.69, 9.17) is 0 Å². The fourth-order valence-electron chi connectivity index (χ4n) is 5.81. The molecule has 0 nitrogen and oxygen atoms in total. The van der Waals surface area contributed by atoms with Gasteiger partial charge in [0, 0.05) is 0 Å². The van der Waals surface area contributed by atoms with Gasteiger partial charge < -0.3 is 0 Å². The molecule has 0 saturated heterocycles. The van der Waals surface area contributed by atoms with Gasteiger partial charge in [-0.05, 0) is 54.2 Å². The van der Waals surface area contributed by atoms with Crippen LogP contribution in [0.2, 0.25) is 0 Å². The molecule has 0 spiro atoms. The molecule has 0 aliphatic heterocycles. The Morgan fingerprint density at radius 3 is 1.63 bits per heavy atom. The SMILES string of the molecule is CCCC1CCC(CCC2CCC(CCc3ccc(C(F)(F)F)c(F)c3)CC2)CC1. The Morgan fingerprint density at radius 1 is 0.733 bits per heavy atom. The summed E-state index contributed by atoms with van der Waals surface area (Å²) < 4.78 is 51.8. The van der Waals surface area contributed by atoms with E-state index in [0.717, 1.165) is 36.3 Å². The van der Waals surface area contributed by atoms with Gasteiger partial charge in [-0.3, -0.25) is 0 Å². The smallest absolute Gasteiger partial charge is 0.206 e. The van der Waals surface area contributed by atoms with Crippen molar-refractivity contribution in [2.45, 2.75) is 103 Å². The quantitative estimate of drug-likeness (QED) is 0.364. The Bertz CT molecular complexity index is 635. The van der Waals surface area contributed by atoms with E-state index in [9.17, 15) is 17.6 Å². The van der Waals surface area contributed by atoms with E-state index in [1.54, 1.807) is 0 Å². The summed E-state index contributed by atoms with van der Waals surface area (Å²) in [5.41, 5.74) is -0.480. The number of aryl methyl sites for hydroxylation is 1. The van der Waals surface area contributed by atoms with Crippen molar-refractivity contribution < 1.29 is 17.6 Å². The van der Waals surface area contributed by atoms with Gasteiger partial charge in [-0.25, -0.2) is 4.39 Å². The third-order valence-corrected chi connectivity index (χ3v) is 7.79. The highest BCUT2D eigenvalue weighted by atomic mass is 19.4. The summed E-state index contributed by atoms with van der Waals surface area (Å²) in [6.45, 7) is 2.30. The van der Waals surface area contributed by atoms with Gasteiger partial charge in [0.1, 0.15) is 5.82 Å². The van der Waals surface area contributed by atoms with Gasteiger partial charge >= 0.3 is 6.18 Å². The van der Waals surface area contributed by atoms with Crippen molar-refractivity contribution in [3.63, 3.8) is 0 Å². The first kappa shape index (κ1) is 23.6. The molecule has 2 saturated carbocycles. The summed E-state index contributed by atoms with van der Waals surface area (Å²) in [6, 6.07) is 3.40. The van der Waals surface area contributed by atoms with Crippen molar-refractivity contribution in [3.05, 3.63) is 35.1 Å². The molecular weight excluding hydrogens is 388 g/mol. The molecule has 3 rings (SSSR count). The molecule has 170 valence electrons. The Labute approximate surface area is 179 Å². The molecule has 0 bridgehead atoms. The zero-order valence-electron chi connectivity index (χ0n) is 18.5. The largest absolute Gasteiger partial charge is 0.419 e. The number of halogens is 4. The Kier molecular flexibility index (Phi) is 8.65. The van der Waals surface area contributed by atoms with Crippen LogP contribution in [0.5, 0.6) is 0 Å². The van der Waals surface area contributed by atoms with Crippen LogP contribution < -0.4 is 0 Å². The molecule has 30 heavy (non-hydrogen) atoms. The fraction of sp³-hybridized carbons (Fsp3) is 0.769. The van der Waals surface area contributed by atoms with E-state index in [1.807, 2.05) is 0 Å². The van der Waals surface area contributed by atoms with Gasteiger partial charge in [-0.2, -0.15) is 13.2 Å². The topological polar surface area (TPSA) is 0 Å². The van der Waals surface area contributed by atoms with E-state index in [0.29, 0.717) is 17.9 Å². The molecule has 4 heteroatoms. The zero-order chi connectivity index (χ0) is 21.6. The predicted octanol–water partition coefficient (Wildman–Crippen LogP) is 8.97. The van der Waals surface area contributed by atoms with Crippen LogP contribution in [0, 0.1) is 29.5 Å². The molecule has 0 aromatic heterocycles. The first-order valence-electron chi connectivity index (χ1n) is 12.2. The standard InChI is InChI=1S/C26H38F4/c1-2-3-19-4-6-20(7-5-19)8-9-21-10-12-22(13-11-21)14-15-23-16-17-24(25(27)18-23)26(28,29)30/h16-22H,2-15H2,1H3. The molecule has 2 fully saturated rings. The van der Waals surface area contributed by atoms with Crippen LogP contribution in [0.4, 0.5) is 17.6 Å². The first-order valence-corrected chi connectivity index (χ1v) is 12.2. The molecule has 0 atom stereocenters. The number of hydrogen-bond acceptors (Lipinski definition) is 0. The van der Waals surface area contributed by atoms with E-state index >= 15 is 0 Å². The number of alkyl halides is 3. The van der Waals surface area contributed by atoms with E-state index in [-0.39, 0.29) is 0 Å². The predicted molar refractivity (Wildman–Crippen MR) is 115 cm³/mol. The third-order valence-electron chi connectivity index (χ3n) is 7.79. The van der Waals surface area contributed by atoms with E-state index in [1.165, 1.54) is 83.1 Å². The zero-order valence-corrected chi connectivity index (χ0v) is 18.5. The molecular formula is C26H38F4. The van der Waals surface area contributed by atoms with Gasteiger partial charge in [0.05, 0.1) is 5.56 Å². The summed E-state index contributed by atoms with van der Waals surface area (Å²) in [5, 5.41) is 0. The summed E-state index contributed by atoms with van der Waals surface area (Å²) in [5.74, 6) is 2.28. The van der Waals surface area contributed by atoms with Crippen molar-refractivity contribution in [3.8, 4) is 0 Å². The molecule has 0 N–H and O–H groups in total. The highest BCUT2D eigenvalue weighted by Gasteiger charge is 2.34. The highest BCUT2D eigenvalue weighted by Crippen LogP contribution is 2.38. The van der Waals surface area contributed by atoms with E-state index in [2.05, 4.69) is 6.92 Å². The fourth-order valence-corrected chi connectivity index (χ4v) is 5.81. The second-order valence-corrected chi connectivity index (χ2v) is 9.99. The molecule has 0 unspecified atom stereocenters. The minimum Gasteiger partial charge on any atom is -0.206 e. The minimum atomic E-state index is -4.62. The van der Waals surface area contributed by atoms with Crippen LogP contribution >= 0.6 is 0 Å². The van der Waals surface area contributed by atoms with Crippen LogP contribution in [0.15, 0.2) is 18.2 Å². The maximum atomic E-state index is 13.7. The third kappa shape index (κ3) is 6.99. The van der Waals surface area contributed by atoms with Crippen LogP contribution in [0.25, 0.3) is 0 Å². The molecule has 1 aromatic carbocycles. The van der Waals surface area contributed by atoms with Gasteiger partial charge in [-0.15, -0.1) is 0 Å². The molecule has 0 heterocycles. The number of hydrogen-bond donors (Lipinski definition) is 0. The molecule has 2 aliphatic carbocycles. The molecule has 1 aromatic rings. The van der Waals surface area contributed by atoms with Crippen LogP contribution in [0.3, 0.4) is 0 Å². The van der Waals surface area contributed by atoms with Crippen molar-refractivity contribution in [1.82, 2.24) is 0 Å². The Hall–Kier alpha value is -1.06. The van der Waals surface area contributed by atoms with Gasteiger partial charge in [0.15, 0.2) is 0 Å². The van der Waals surface area contributed by atoms with Crippen LogP contribution in [0.1, 0.15) is 102 Å². The number of rotatable bonds is 8. The lowest BCUT2D eigenvalue weighted by molar-refractivity contribution is -0.140. The van der Waals surface area contributed by atoms with Crippen molar-refractivity contribution >= 4 is 0 Å². The lowest BCUT2D eigenvalue weighted by atomic mass is 9.74. The second kappa shape index (κ2) is 11.0. The number of benzene rings is 1. The maximum Gasteiger partial charge on any atom is 0.419 e. The van der Waals surface area contributed by atoms with Crippen molar-refractivity contribution in [2.24, 2.45) is 23.7 Å². The second-order valence-electron chi connectivity index (χ2n) is 9.99. The van der Waals surface area contributed by atoms with Crippen LogP contribution in [-0.4, -0.2) is 0 Å². The summed E-state index contributed by atoms with van der Waals surface area (Å²) in [4.78, 5) is 0. The lowest BCUT2D eigenvalue weighted by Gasteiger charge is -2.32. The van der Waals surface area contributed by atoms with Gasteiger partial charge in [-0.1, -0.05) is 90.0 Å². The molecule has 0 radical (unpaired) electrons. The van der Waals surface area contributed by atoms with Crippen molar-refractivity contribution in [2.75, 3.05) is 0 Å². The average molecular weight is 427 g/mol. The normalized spacial score (nSPS) is 27.9. The Balaban J connectivity index is 1.33. The first-order chi connectivity index (χ1) is 14.3. The molecule has 0 amide bonds. The monoisotopic (exact) mass is 426 g/mol. The molecule has 2 aliphatic rings. The summed E-state index contributed by atoms with van der Waals surface area (Å²) >= 11 is 0. The van der Waals surface area contributed by atoms with Crippen LogP contribution in [-0.2, 0) is 12.6 Å².